The van der Waals surface area contributed by atoms with Crippen molar-refractivity contribution in [3.05, 3.63) is 35.4 Å². The second-order valence-electron chi connectivity index (χ2n) is 7.06. The lowest BCUT2D eigenvalue weighted by Gasteiger charge is -2.35. The molecule has 134 valence electrons. The van der Waals surface area contributed by atoms with E-state index in [0.717, 1.165) is 26.3 Å². The zero-order valence-corrected chi connectivity index (χ0v) is 15.1. The Morgan fingerprint density at radius 2 is 2.04 bits per heavy atom. The number of rotatable bonds is 7. The first-order valence-electron chi connectivity index (χ1n) is 8.89. The number of amides is 1. The highest BCUT2D eigenvalue weighted by Gasteiger charge is 2.24. The highest BCUT2D eigenvalue weighted by molar-refractivity contribution is 5.81. The minimum atomic E-state index is -0.437. The van der Waals surface area contributed by atoms with Crippen LogP contribution in [-0.2, 0) is 9.53 Å². The lowest BCUT2D eigenvalue weighted by Crippen LogP contribution is -2.47. The molecule has 1 heterocycles. The maximum atomic E-state index is 12.3. The summed E-state index contributed by atoms with van der Waals surface area (Å²) in [5.74, 6) is 0.354. The zero-order chi connectivity index (χ0) is 17.5. The first-order chi connectivity index (χ1) is 11.5. The van der Waals surface area contributed by atoms with Crippen LogP contribution in [0.15, 0.2) is 24.3 Å². The average molecular weight is 333 g/mol. The summed E-state index contributed by atoms with van der Waals surface area (Å²) in [5, 5.41) is 3.06. The molecule has 1 aromatic rings. The van der Waals surface area contributed by atoms with Gasteiger partial charge in [0.15, 0.2) is 0 Å². The maximum absolute atomic E-state index is 12.3. The predicted octanol–water partition coefficient (Wildman–Crippen LogP) is 1.86. The highest BCUT2D eigenvalue weighted by Crippen LogP contribution is 2.22. The van der Waals surface area contributed by atoms with Crippen molar-refractivity contribution in [2.45, 2.75) is 39.3 Å². The smallest absolute Gasteiger partial charge is 0.236 e. The van der Waals surface area contributed by atoms with Gasteiger partial charge in [0, 0.05) is 19.6 Å². The fourth-order valence-corrected chi connectivity index (χ4v) is 3.17. The Bertz CT molecular complexity index is 527. The third-order valence-corrected chi connectivity index (χ3v) is 4.45. The summed E-state index contributed by atoms with van der Waals surface area (Å²) >= 11 is 0. The van der Waals surface area contributed by atoms with Crippen LogP contribution in [0.4, 0.5) is 0 Å². The number of ether oxygens (including phenoxy) is 1. The van der Waals surface area contributed by atoms with Crippen molar-refractivity contribution in [1.82, 2.24) is 10.2 Å². The minimum absolute atomic E-state index is 0.0605. The first-order valence-corrected chi connectivity index (χ1v) is 8.89. The summed E-state index contributed by atoms with van der Waals surface area (Å²) in [7, 11) is 0. The van der Waals surface area contributed by atoms with Crippen LogP contribution < -0.4 is 11.1 Å². The Balaban J connectivity index is 2.04. The fraction of sp³-hybridized carbons (Fsp3) is 0.632. The van der Waals surface area contributed by atoms with Crippen LogP contribution in [0.2, 0.25) is 0 Å². The number of benzene rings is 1. The van der Waals surface area contributed by atoms with Crippen molar-refractivity contribution in [1.29, 1.82) is 0 Å². The molecular weight excluding hydrogens is 302 g/mol. The molecule has 0 saturated carbocycles. The molecule has 0 radical (unpaired) electrons. The van der Waals surface area contributed by atoms with Gasteiger partial charge in [0.1, 0.15) is 0 Å². The van der Waals surface area contributed by atoms with Crippen LogP contribution in [0.5, 0.6) is 0 Å². The molecule has 1 aromatic carbocycles. The lowest BCUT2D eigenvalue weighted by atomic mass is 10.0. The second-order valence-corrected chi connectivity index (χ2v) is 7.06. The molecule has 2 atom stereocenters. The normalized spacial score (nSPS) is 18.4. The van der Waals surface area contributed by atoms with Crippen molar-refractivity contribution in [3.8, 4) is 0 Å². The molecule has 1 fully saturated rings. The van der Waals surface area contributed by atoms with E-state index in [4.69, 9.17) is 10.5 Å². The van der Waals surface area contributed by atoms with E-state index < -0.39 is 6.04 Å². The summed E-state index contributed by atoms with van der Waals surface area (Å²) in [5.41, 5.74) is 8.46. The first kappa shape index (κ1) is 18.9. The summed E-state index contributed by atoms with van der Waals surface area (Å²) in [6, 6.07) is 8.21. The SMILES string of the molecule is Cc1cccc(C(CNC(=O)[C@@H](N)CC(C)C)N2CCOCC2)c1. The number of morpholine rings is 1. The summed E-state index contributed by atoms with van der Waals surface area (Å²) < 4.78 is 5.47. The highest BCUT2D eigenvalue weighted by atomic mass is 16.5. The van der Waals surface area contributed by atoms with Gasteiger partial charge in [-0.3, -0.25) is 9.69 Å². The molecule has 0 aromatic heterocycles. The number of aryl methyl sites for hydroxylation is 1. The Hall–Kier alpha value is -1.43. The average Bonchev–Trinajstić information content (AvgIpc) is 2.55. The van der Waals surface area contributed by atoms with Crippen LogP contribution in [0.3, 0.4) is 0 Å². The van der Waals surface area contributed by atoms with Crippen molar-refractivity contribution < 1.29 is 9.53 Å². The summed E-state index contributed by atoms with van der Waals surface area (Å²) in [4.78, 5) is 14.7. The van der Waals surface area contributed by atoms with Crippen molar-refractivity contribution in [2.24, 2.45) is 11.7 Å². The summed E-state index contributed by atoms with van der Waals surface area (Å²) in [6.07, 6.45) is 0.707. The Kier molecular flexibility index (Phi) is 7.21. The van der Waals surface area contributed by atoms with Crippen molar-refractivity contribution in [3.63, 3.8) is 0 Å². The Morgan fingerprint density at radius 1 is 1.33 bits per heavy atom. The topological polar surface area (TPSA) is 67.6 Å². The molecule has 5 nitrogen and oxygen atoms in total. The van der Waals surface area contributed by atoms with Crippen molar-refractivity contribution in [2.75, 3.05) is 32.8 Å². The van der Waals surface area contributed by atoms with E-state index >= 15 is 0 Å². The summed E-state index contributed by atoms with van der Waals surface area (Å²) in [6.45, 7) is 10.1. The van der Waals surface area contributed by atoms with E-state index in [-0.39, 0.29) is 11.9 Å². The van der Waals surface area contributed by atoms with Gasteiger partial charge < -0.3 is 15.8 Å². The van der Waals surface area contributed by atoms with Crippen LogP contribution in [-0.4, -0.2) is 49.7 Å². The maximum Gasteiger partial charge on any atom is 0.236 e. The molecule has 2 rings (SSSR count). The molecule has 1 saturated heterocycles. The molecule has 0 bridgehead atoms. The molecule has 1 amide bonds. The number of carbonyl (C=O) groups excluding carboxylic acids is 1. The number of hydrogen-bond donors (Lipinski definition) is 2. The van der Waals surface area contributed by atoms with Gasteiger partial charge in [0.25, 0.3) is 0 Å². The van der Waals surface area contributed by atoms with Gasteiger partial charge in [-0.2, -0.15) is 0 Å². The molecule has 1 aliphatic rings. The number of hydrogen-bond acceptors (Lipinski definition) is 4. The number of nitrogens with one attached hydrogen (secondary N) is 1. The van der Waals surface area contributed by atoms with Gasteiger partial charge in [-0.25, -0.2) is 0 Å². The van der Waals surface area contributed by atoms with Crippen LogP contribution in [0, 0.1) is 12.8 Å². The molecule has 0 aliphatic carbocycles. The molecule has 1 unspecified atom stereocenters. The van der Waals surface area contributed by atoms with E-state index in [2.05, 4.69) is 55.3 Å². The number of nitrogens with two attached hydrogens (primary N) is 1. The van der Waals surface area contributed by atoms with E-state index in [1.807, 2.05) is 0 Å². The van der Waals surface area contributed by atoms with Crippen LogP contribution >= 0.6 is 0 Å². The second kappa shape index (κ2) is 9.16. The van der Waals surface area contributed by atoms with Crippen LogP contribution in [0.25, 0.3) is 0 Å². The van der Waals surface area contributed by atoms with Crippen LogP contribution in [0.1, 0.15) is 37.4 Å². The largest absolute Gasteiger partial charge is 0.379 e. The number of carbonyl (C=O) groups is 1. The van der Waals surface area contributed by atoms with E-state index in [0.29, 0.717) is 18.9 Å². The van der Waals surface area contributed by atoms with Crippen molar-refractivity contribution >= 4 is 5.91 Å². The third kappa shape index (κ3) is 5.58. The number of nitrogens with zero attached hydrogens (tertiary/aromatic N) is 1. The molecular formula is C19H31N3O2. The molecule has 0 spiro atoms. The molecule has 24 heavy (non-hydrogen) atoms. The Morgan fingerprint density at radius 3 is 2.67 bits per heavy atom. The van der Waals surface area contributed by atoms with Gasteiger partial charge in [0.2, 0.25) is 5.91 Å². The zero-order valence-electron chi connectivity index (χ0n) is 15.1. The minimum Gasteiger partial charge on any atom is -0.379 e. The monoisotopic (exact) mass is 333 g/mol. The van der Waals surface area contributed by atoms with Gasteiger partial charge >= 0.3 is 0 Å². The van der Waals surface area contributed by atoms with E-state index in [1.165, 1.54) is 11.1 Å². The molecule has 5 heteroatoms. The Labute approximate surface area is 145 Å². The molecule has 3 N–H and O–H groups in total. The fourth-order valence-electron chi connectivity index (χ4n) is 3.17. The van der Waals surface area contributed by atoms with E-state index in [9.17, 15) is 4.79 Å². The third-order valence-electron chi connectivity index (χ3n) is 4.45. The van der Waals surface area contributed by atoms with Gasteiger partial charge in [0.05, 0.1) is 25.3 Å². The predicted molar refractivity (Wildman–Crippen MR) is 96.8 cm³/mol. The molecule has 1 aliphatic heterocycles. The van der Waals surface area contributed by atoms with Gasteiger partial charge in [-0.1, -0.05) is 43.7 Å². The standard InChI is InChI=1S/C19H31N3O2/c1-14(2)11-17(20)19(23)21-13-18(22-7-9-24-10-8-22)16-6-4-5-15(3)12-16/h4-6,12,14,17-18H,7-11,13,20H2,1-3H3,(H,21,23)/t17-,18?/m0/s1. The van der Waals surface area contributed by atoms with Gasteiger partial charge in [-0.15, -0.1) is 0 Å². The quantitative estimate of drug-likeness (QED) is 0.799. The lowest BCUT2D eigenvalue weighted by molar-refractivity contribution is -0.123. The van der Waals surface area contributed by atoms with E-state index in [1.54, 1.807) is 0 Å². The van der Waals surface area contributed by atoms with Gasteiger partial charge in [-0.05, 0) is 24.8 Å².